The van der Waals surface area contributed by atoms with E-state index >= 15 is 0 Å². The fraction of sp³-hybridized carbons (Fsp3) is 0.467. The number of ether oxygens (including phenoxy) is 1. The molecule has 0 fully saturated rings. The van der Waals surface area contributed by atoms with Gasteiger partial charge in [0.15, 0.2) is 0 Å². The van der Waals surface area contributed by atoms with E-state index in [0.29, 0.717) is 25.5 Å². The van der Waals surface area contributed by atoms with Crippen molar-refractivity contribution in [2.24, 2.45) is 0 Å². The number of aromatic nitrogens is 2. The second-order valence-corrected chi connectivity index (χ2v) is 4.46. The van der Waals surface area contributed by atoms with Gasteiger partial charge in [0.2, 0.25) is 5.95 Å². The molecule has 7 heteroatoms. The first-order chi connectivity index (χ1) is 10.8. The molecule has 1 rings (SSSR count). The number of anilines is 1. The zero-order valence-corrected chi connectivity index (χ0v) is 12.7. The third kappa shape index (κ3) is 7.36. The minimum absolute atomic E-state index is 0.0284. The molecule has 1 heterocycles. The molecule has 0 aliphatic heterocycles. The largest absolute Gasteiger partial charge is 0.381 e. The molecule has 0 spiro atoms. The molecule has 1 aromatic rings. The van der Waals surface area contributed by atoms with Crippen molar-refractivity contribution in [1.82, 2.24) is 15.3 Å². The van der Waals surface area contributed by atoms with E-state index in [1.54, 1.807) is 18.5 Å². The molecule has 0 radical (unpaired) electrons. The van der Waals surface area contributed by atoms with E-state index in [4.69, 9.17) is 10.00 Å². The summed E-state index contributed by atoms with van der Waals surface area (Å²) in [6.07, 6.45) is 7.28. The summed E-state index contributed by atoms with van der Waals surface area (Å²) in [5.41, 5.74) is -0.0284. The van der Waals surface area contributed by atoms with Crippen molar-refractivity contribution in [2.45, 2.75) is 26.2 Å². The first-order valence-electron chi connectivity index (χ1n) is 7.27. The summed E-state index contributed by atoms with van der Waals surface area (Å²) in [6, 6.07) is 3.52. The number of amides is 1. The minimum atomic E-state index is -0.431. The van der Waals surface area contributed by atoms with Crippen molar-refractivity contribution in [3.8, 4) is 6.07 Å². The van der Waals surface area contributed by atoms with Crippen molar-refractivity contribution in [3.63, 3.8) is 0 Å². The summed E-state index contributed by atoms with van der Waals surface area (Å²) >= 11 is 0. The standard InChI is InChI=1S/C15H21N5O2/c1-2-3-9-22-10-5-8-17-14(21)13(11-16)12-20-15-18-6-4-7-19-15/h4,6-7,12H,2-3,5,8-10H2,1H3,(H,17,21)(H,18,19,20)/b13-12-. The van der Waals surface area contributed by atoms with E-state index in [-0.39, 0.29) is 5.57 Å². The predicted octanol–water partition coefficient (Wildman–Crippen LogP) is 1.62. The van der Waals surface area contributed by atoms with Crippen LogP contribution < -0.4 is 10.6 Å². The molecule has 7 nitrogen and oxygen atoms in total. The highest BCUT2D eigenvalue weighted by atomic mass is 16.5. The molecule has 1 aromatic heterocycles. The first kappa shape index (κ1) is 17.6. The monoisotopic (exact) mass is 303 g/mol. The predicted molar refractivity (Wildman–Crippen MR) is 82.7 cm³/mol. The van der Waals surface area contributed by atoms with Crippen LogP contribution in [0.4, 0.5) is 5.95 Å². The first-order valence-corrected chi connectivity index (χ1v) is 7.27. The SMILES string of the molecule is CCCCOCCCNC(=O)/C(C#N)=C\Nc1ncccn1. The lowest BCUT2D eigenvalue weighted by molar-refractivity contribution is -0.117. The number of nitrogens with zero attached hydrogens (tertiary/aromatic N) is 3. The van der Waals surface area contributed by atoms with Crippen molar-refractivity contribution in [3.05, 3.63) is 30.2 Å². The van der Waals surface area contributed by atoms with E-state index in [1.807, 2.05) is 6.07 Å². The summed E-state index contributed by atoms with van der Waals surface area (Å²) in [4.78, 5) is 19.7. The topological polar surface area (TPSA) is 99.9 Å². The summed E-state index contributed by atoms with van der Waals surface area (Å²) in [5, 5.41) is 14.4. The van der Waals surface area contributed by atoms with Gasteiger partial charge >= 0.3 is 0 Å². The zero-order chi connectivity index (χ0) is 16.0. The third-order valence-corrected chi connectivity index (χ3v) is 2.67. The van der Waals surface area contributed by atoms with Crippen LogP contribution in [0.25, 0.3) is 0 Å². The van der Waals surface area contributed by atoms with E-state index in [2.05, 4.69) is 27.5 Å². The van der Waals surface area contributed by atoms with Crippen LogP contribution in [0, 0.1) is 11.3 Å². The maximum Gasteiger partial charge on any atom is 0.263 e. The Hall–Kier alpha value is -2.46. The number of nitriles is 1. The van der Waals surface area contributed by atoms with Crippen LogP contribution >= 0.6 is 0 Å². The van der Waals surface area contributed by atoms with Gasteiger partial charge in [0.05, 0.1) is 0 Å². The molecule has 22 heavy (non-hydrogen) atoms. The van der Waals surface area contributed by atoms with Gasteiger partial charge in [-0.15, -0.1) is 0 Å². The minimum Gasteiger partial charge on any atom is -0.381 e. The Morgan fingerprint density at radius 3 is 2.77 bits per heavy atom. The number of unbranched alkanes of at least 4 members (excludes halogenated alkanes) is 1. The fourth-order valence-corrected chi connectivity index (χ4v) is 1.48. The summed E-state index contributed by atoms with van der Waals surface area (Å²) in [7, 11) is 0. The Labute approximate surface area is 130 Å². The quantitative estimate of drug-likeness (QED) is 0.387. The summed E-state index contributed by atoms with van der Waals surface area (Å²) < 4.78 is 5.39. The number of hydrogen-bond donors (Lipinski definition) is 2. The van der Waals surface area contributed by atoms with Crippen LogP contribution in [0.3, 0.4) is 0 Å². The normalized spacial score (nSPS) is 10.8. The Morgan fingerprint density at radius 1 is 1.36 bits per heavy atom. The van der Waals surface area contributed by atoms with E-state index in [9.17, 15) is 4.79 Å². The molecule has 0 atom stereocenters. The molecular formula is C15H21N5O2. The van der Waals surface area contributed by atoms with Gasteiger partial charge < -0.3 is 15.4 Å². The molecule has 0 aromatic carbocycles. The zero-order valence-electron chi connectivity index (χ0n) is 12.7. The van der Waals surface area contributed by atoms with Gasteiger partial charge in [0, 0.05) is 38.4 Å². The highest BCUT2D eigenvalue weighted by molar-refractivity contribution is 5.97. The van der Waals surface area contributed by atoms with Crippen LogP contribution in [-0.2, 0) is 9.53 Å². The number of carbonyl (C=O) groups is 1. The average molecular weight is 303 g/mol. The molecule has 0 aliphatic carbocycles. The third-order valence-electron chi connectivity index (χ3n) is 2.67. The van der Waals surface area contributed by atoms with Crippen molar-refractivity contribution in [2.75, 3.05) is 25.1 Å². The Morgan fingerprint density at radius 2 is 2.09 bits per heavy atom. The van der Waals surface area contributed by atoms with Crippen LogP contribution in [0.15, 0.2) is 30.2 Å². The van der Waals surface area contributed by atoms with E-state index in [0.717, 1.165) is 19.4 Å². The van der Waals surface area contributed by atoms with Gasteiger partial charge in [0.1, 0.15) is 11.6 Å². The molecule has 1 amide bonds. The molecule has 0 aliphatic rings. The van der Waals surface area contributed by atoms with E-state index < -0.39 is 5.91 Å². The fourth-order valence-electron chi connectivity index (χ4n) is 1.48. The second kappa shape index (κ2) is 11.2. The Balaban J connectivity index is 2.28. The van der Waals surface area contributed by atoms with Gasteiger partial charge in [0.25, 0.3) is 5.91 Å². The number of carbonyl (C=O) groups excluding carboxylic acids is 1. The van der Waals surface area contributed by atoms with Gasteiger partial charge in [-0.2, -0.15) is 5.26 Å². The van der Waals surface area contributed by atoms with Gasteiger partial charge in [-0.05, 0) is 18.9 Å². The van der Waals surface area contributed by atoms with Crippen molar-refractivity contribution >= 4 is 11.9 Å². The molecule has 2 N–H and O–H groups in total. The van der Waals surface area contributed by atoms with Crippen molar-refractivity contribution in [1.29, 1.82) is 5.26 Å². The second-order valence-electron chi connectivity index (χ2n) is 4.46. The lowest BCUT2D eigenvalue weighted by atomic mass is 10.3. The number of nitrogens with one attached hydrogen (secondary N) is 2. The van der Waals surface area contributed by atoms with Crippen LogP contribution in [0.5, 0.6) is 0 Å². The van der Waals surface area contributed by atoms with Crippen LogP contribution in [-0.4, -0.2) is 35.6 Å². The Bertz CT molecular complexity index is 510. The smallest absolute Gasteiger partial charge is 0.263 e. The number of rotatable bonds is 10. The van der Waals surface area contributed by atoms with Crippen LogP contribution in [0.2, 0.25) is 0 Å². The van der Waals surface area contributed by atoms with Gasteiger partial charge in [-0.25, -0.2) is 9.97 Å². The van der Waals surface area contributed by atoms with Gasteiger partial charge in [-0.1, -0.05) is 13.3 Å². The maximum atomic E-state index is 11.8. The molecule has 118 valence electrons. The van der Waals surface area contributed by atoms with E-state index in [1.165, 1.54) is 6.20 Å². The average Bonchev–Trinajstić information content (AvgIpc) is 2.55. The molecular weight excluding hydrogens is 282 g/mol. The molecule has 0 saturated carbocycles. The Kier molecular flexibility index (Phi) is 8.98. The highest BCUT2D eigenvalue weighted by Crippen LogP contribution is 1.98. The summed E-state index contributed by atoms with van der Waals surface area (Å²) in [5.74, 6) is -0.105. The van der Waals surface area contributed by atoms with Crippen LogP contribution in [0.1, 0.15) is 26.2 Å². The molecule has 0 bridgehead atoms. The maximum absolute atomic E-state index is 11.8. The number of hydrogen-bond acceptors (Lipinski definition) is 6. The van der Waals surface area contributed by atoms with Gasteiger partial charge in [-0.3, -0.25) is 4.79 Å². The lowest BCUT2D eigenvalue weighted by Crippen LogP contribution is -2.26. The molecule has 0 saturated heterocycles. The highest BCUT2D eigenvalue weighted by Gasteiger charge is 2.07. The lowest BCUT2D eigenvalue weighted by Gasteiger charge is -2.05. The molecule has 0 unspecified atom stereocenters. The summed E-state index contributed by atoms with van der Waals surface area (Å²) in [6.45, 7) is 3.91. The van der Waals surface area contributed by atoms with Crippen molar-refractivity contribution < 1.29 is 9.53 Å².